The highest BCUT2D eigenvalue weighted by Crippen LogP contribution is 2.29. The van der Waals surface area contributed by atoms with Crippen LogP contribution in [0, 0.1) is 0 Å². The van der Waals surface area contributed by atoms with Crippen molar-refractivity contribution in [1.82, 2.24) is 5.32 Å². The van der Waals surface area contributed by atoms with Gasteiger partial charge in [-0.05, 0) is 25.3 Å². The van der Waals surface area contributed by atoms with E-state index in [-0.39, 0.29) is 12.1 Å². The number of aliphatic imine (C=N–C) groups is 1. The van der Waals surface area contributed by atoms with Gasteiger partial charge in [0.1, 0.15) is 5.82 Å². The minimum Gasteiger partial charge on any atom is -0.401 e. The molecular formula is C10H14F3N3. The number of allylic oxidation sites excluding steroid dienone is 3. The van der Waals surface area contributed by atoms with Crippen LogP contribution in [0.15, 0.2) is 27.7 Å². The maximum atomic E-state index is 12.6. The number of nitrogens with zero attached hydrogens (tertiary/aromatic N) is 1. The molecule has 0 saturated heterocycles. The lowest BCUT2D eigenvalue weighted by atomic mass is 10.1. The molecule has 6 heteroatoms. The lowest BCUT2D eigenvalue weighted by Gasteiger charge is -2.15. The third-order valence-corrected chi connectivity index (χ3v) is 2.38. The molecule has 0 aliphatic carbocycles. The molecule has 1 aliphatic rings. The zero-order valence-corrected chi connectivity index (χ0v) is 9.15. The quantitative estimate of drug-likeness (QED) is 0.728. The van der Waals surface area contributed by atoms with Crippen LogP contribution in [-0.4, -0.2) is 19.4 Å². The van der Waals surface area contributed by atoms with Crippen LogP contribution in [0.5, 0.6) is 0 Å². The van der Waals surface area contributed by atoms with E-state index in [4.69, 9.17) is 5.73 Å². The number of rotatable bonds is 1. The largest absolute Gasteiger partial charge is 0.419 e. The Hall–Kier alpha value is -1.46. The minimum atomic E-state index is -4.45. The van der Waals surface area contributed by atoms with E-state index < -0.39 is 11.7 Å². The standard InChI is InChI=1S/C10H14F3N3/c1-6-3-4-8(14)7(10(11,12)13)5-16-9(6)15-2/h5,15H,3-4,14H2,1-2H3/b8-7+,9-6+,16-5-. The number of nitrogens with two attached hydrogens (primary N) is 1. The van der Waals surface area contributed by atoms with Crippen molar-refractivity contribution >= 4 is 6.21 Å². The second-order valence-electron chi connectivity index (χ2n) is 3.57. The predicted octanol–water partition coefficient (Wildman–Crippen LogP) is 2.08. The maximum absolute atomic E-state index is 12.6. The van der Waals surface area contributed by atoms with Crippen molar-refractivity contribution < 1.29 is 13.2 Å². The normalized spacial score (nSPS) is 29.6. The lowest BCUT2D eigenvalue weighted by molar-refractivity contribution is -0.0865. The van der Waals surface area contributed by atoms with Crippen molar-refractivity contribution in [3.05, 3.63) is 22.7 Å². The molecule has 16 heavy (non-hydrogen) atoms. The van der Waals surface area contributed by atoms with E-state index in [9.17, 15) is 13.2 Å². The van der Waals surface area contributed by atoms with Gasteiger partial charge in [-0.25, -0.2) is 4.99 Å². The molecule has 90 valence electrons. The van der Waals surface area contributed by atoms with Crippen LogP contribution in [-0.2, 0) is 0 Å². The molecule has 1 aliphatic heterocycles. The van der Waals surface area contributed by atoms with Crippen molar-refractivity contribution in [2.24, 2.45) is 10.7 Å². The summed E-state index contributed by atoms with van der Waals surface area (Å²) in [6.07, 6.45) is -3.00. The highest BCUT2D eigenvalue weighted by molar-refractivity contribution is 5.82. The monoisotopic (exact) mass is 233 g/mol. The summed E-state index contributed by atoms with van der Waals surface area (Å²) < 4.78 is 37.7. The fourth-order valence-corrected chi connectivity index (χ4v) is 1.43. The van der Waals surface area contributed by atoms with Crippen molar-refractivity contribution in [1.29, 1.82) is 0 Å². The van der Waals surface area contributed by atoms with Crippen LogP contribution in [0.2, 0.25) is 0 Å². The third-order valence-electron chi connectivity index (χ3n) is 2.38. The van der Waals surface area contributed by atoms with Crippen molar-refractivity contribution in [3.8, 4) is 0 Å². The topological polar surface area (TPSA) is 50.4 Å². The first-order valence-corrected chi connectivity index (χ1v) is 4.83. The Morgan fingerprint density at radius 3 is 2.50 bits per heavy atom. The molecule has 0 bridgehead atoms. The van der Waals surface area contributed by atoms with E-state index in [1.807, 2.05) is 6.92 Å². The number of halogens is 3. The summed E-state index contributed by atoms with van der Waals surface area (Å²) in [7, 11) is 1.62. The Bertz CT molecular complexity index is 364. The molecule has 0 unspecified atom stereocenters. The van der Waals surface area contributed by atoms with Gasteiger partial charge in [0, 0.05) is 19.0 Å². The Balaban J connectivity index is 3.13. The van der Waals surface area contributed by atoms with Gasteiger partial charge >= 0.3 is 6.18 Å². The van der Waals surface area contributed by atoms with E-state index in [1.54, 1.807) is 7.05 Å². The van der Waals surface area contributed by atoms with Crippen LogP contribution in [0.1, 0.15) is 19.8 Å². The first kappa shape index (κ1) is 12.6. The van der Waals surface area contributed by atoms with Crippen LogP contribution in [0.25, 0.3) is 0 Å². The fraction of sp³-hybridized carbons (Fsp3) is 0.500. The Kier molecular flexibility index (Phi) is 3.62. The van der Waals surface area contributed by atoms with Gasteiger partial charge in [-0.2, -0.15) is 13.2 Å². The molecule has 0 atom stereocenters. The molecule has 0 amide bonds. The predicted molar refractivity (Wildman–Crippen MR) is 56.8 cm³/mol. The number of alkyl halides is 3. The van der Waals surface area contributed by atoms with Gasteiger partial charge in [-0.15, -0.1) is 0 Å². The zero-order valence-electron chi connectivity index (χ0n) is 9.15. The van der Waals surface area contributed by atoms with Crippen LogP contribution >= 0.6 is 0 Å². The summed E-state index contributed by atoms with van der Waals surface area (Å²) in [6.45, 7) is 1.81. The first-order valence-electron chi connectivity index (χ1n) is 4.83. The third kappa shape index (κ3) is 2.77. The summed E-state index contributed by atoms with van der Waals surface area (Å²) in [5.41, 5.74) is 5.29. The molecule has 0 aromatic carbocycles. The summed E-state index contributed by atoms with van der Waals surface area (Å²) in [5, 5.41) is 2.76. The molecule has 0 aromatic rings. The van der Waals surface area contributed by atoms with Gasteiger partial charge in [-0.1, -0.05) is 0 Å². The molecule has 1 rings (SSSR count). The molecule has 0 spiro atoms. The van der Waals surface area contributed by atoms with Crippen LogP contribution in [0.4, 0.5) is 13.2 Å². The number of hydrogen-bond donors (Lipinski definition) is 2. The molecule has 0 aromatic heterocycles. The van der Waals surface area contributed by atoms with Gasteiger partial charge in [0.15, 0.2) is 0 Å². The van der Waals surface area contributed by atoms with E-state index in [1.165, 1.54) is 0 Å². The molecule has 1 heterocycles. The number of hydrogen-bond acceptors (Lipinski definition) is 3. The van der Waals surface area contributed by atoms with Crippen molar-refractivity contribution in [2.75, 3.05) is 7.05 Å². The van der Waals surface area contributed by atoms with Crippen molar-refractivity contribution in [2.45, 2.75) is 25.9 Å². The molecule has 3 N–H and O–H groups in total. The van der Waals surface area contributed by atoms with Crippen LogP contribution < -0.4 is 11.1 Å². The average molecular weight is 233 g/mol. The Morgan fingerprint density at radius 2 is 2.00 bits per heavy atom. The van der Waals surface area contributed by atoms with Gasteiger partial charge in [0.05, 0.1) is 5.57 Å². The second-order valence-corrected chi connectivity index (χ2v) is 3.57. The van der Waals surface area contributed by atoms with Gasteiger partial charge in [0.25, 0.3) is 0 Å². The molecule has 3 nitrogen and oxygen atoms in total. The summed E-state index contributed by atoms with van der Waals surface area (Å²) >= 11 is 0. The summed E-state index contributed by atoms with van der Waals surface area (Å²) in [4.78, 5) is 3.77. The first-order chi connectivity index (χ1) is 7.36. The second kappa shape index (κ2) is 4.59. The van der Waals surface area contributed by atoms with E-state index >= 15 is 0 Å². The fourth-order valence-electron chi connectivity index (χ4n) is 1.43. The number of nitrogens with one attached hydrogen (secondary N) is 1. The molecule has 0 fully saturated rings. The lowest BCUT2D eigenvalue weighted by Crippen LogP contribution is -2.21. The SMILES string of the molecule is CNC1=C(/C)CC/C(N)=C(C(F)(F)F)/C=N\1. The zero-order chi connectivity index (χ0) is 12.3. The highest BCUT2D eigenvalue weighted by Gasteiger charge is 2.35. The van der Waals surface area contributed by atoms with E-state index in [2.05, 4.69) is 10.3 Å². The maximum Gasteiger partial charge on any atom is 0.419 e. The molecule has 0 radical (unpaired) electrons. The van der Waals surface area contributed by atoms with E-state index in [0.717, 1.165) is 11.8 Å². The molecular weight excluding hydrogens is 219 g/mol. The Labute approximate surface area is 91.9 Å². The summed E-state index contributed by atoms with van der Waals surface area (Å²) in [5.74, 6) is 0.467. The molecule has 0 saturated carbocycles. The van der Waals surface area contributed by atoms with Gasteiger partial charge in [0.2, 0.25) is 0 Å². The highest BCUT2D eigenvalue weighted by atomic mass is 19.4. The Morgan fingerprint density at radius 1 is 1.38 bits per heavy atom. The van der Waals surface area contributed by atoms with Gasteiger partial charge in [-0.3, -0.25) is 0 Å². The smallest absolute Gasteiger partial charge is 0.401 e. The summed E-state index contributed by atoms with van der Waals surface area (Å²) in [6, 6.07) is 0. The van der Waals surface area contributed by atoms with Crippen LogP contribution in [0.3, 0.4) is 0 Å². The van der Waals surface area contributed by atoms with Gasteiger partial charge < -0.3 is 11.1 Å². The van der Waals surface area contributed by atoms with Crippen molar-refractivity contribution in [3.63, 3.8) is 0 Å². The average Bonchev–Trinajstić information content (AvgIpc) is 2.16. The minimum absolute atomic E-state index is 0.161. The van der Waals surface area contributed by atoms with E-state index in [0.29, 0.717) is 12.2 Å².